The van der Waals surface area contributed by atoms with E-state index in [-0.39, 0.29) is 0 Å². The molecule has 0 saturated carbocycles. The quantitative estimate of drug-likeness (QED) is 0.595. The van der Waals surface area contributed by atoms with Gasteiger partial charge in [-0.05, 0) is 33.1 Å². The van der Waals surface area contributed by atoms with Crippen LogP contribution in [0.1, 0.15) is 33.1 Å². The van der Waals surface area contributed by atoms with E-state index in [1.54, 1.807) is 0 Å². The van der Waals surface area contributed by atoms with Gasteiger partial charge in [0, 0.05) is 12.7 Å². The Hall–Kier alpha value is 0.137. The normalized spacial score (nSPS) is 27.0. The average Bonchev–Trinajstić information content (AvgIpc) is 2.03. The SMILES string of the molecule is CC(C)O[SiH2]C1CCCCO1. The van der Waals surface area contributed by atoms with Crippen molar-refractivity contribution in [1.29, 1.82) is 0 Å². The van der Waals surface area contributed by atoms with Crippen LogP contribution in [-0.4, -0.2) is 28.2 Å². The summed E-state index contributed by atoms with van der Waals surface area (Å²) in [6, 6.07) is 0. The van der Waals surface area contributed by atoms with Crippen molar-refractivity contribution in [2.45, 2.75) is 44.9 Å². The Kier molecular flexibility index (Phi) is 4.11. The lowest BCUT2D eigenvalue weighted by Crippen LogP contribution is -2.28. The highest BCUT2D eigenvalue weighted by molar-refractivity contribution is 6.29. The third-order valence-corrected chi connectivity index (χ3v) is 3.76. The highest BCUT2D eigenvalue weighted by Crippen LogP contribution is 2.11. The second-order valence-electron chi connectivity index (χ2n) is 3.37. The van der Waals surface area contributed by atoms with Crippen molar-refractivity contribution in [1.82, 2.24) is 0 Å². The predicted octanol–water partition coefficient (Wildman–Crippen LogP) is 1.02. The number of hydrogen-bond donors (Lipinski definition) is 0. The third kappa shape index (κ3) is 3.89. The Morgan fingerprint density at radius 2 is 2.27 bits per heavy atom. The fourth-order valence-electron chi connectivity index (χ4n) is 1.24. The molecule has 1 rings (SSSR count). The molecular weight excluding hydrogens is 156 g/mol. The first-order chi connectivity index (χ1) is 5.29. The van der Waals surface area contributed by atoms with Crippen molar-refractivity contribution < 1.29 is 9.16 Å². The Bertz CT molecular complexity index is 100. The van der Waals surface area contributed by atoms with Crippen molar-refractivity contribution >= 4 is 9.76 Å². The van der Waals surface area contributed by atoms with Gasteiger partial charge in [0.15, 0.2) is 9.76 Å². The maximum absolute atomic E-state index is 5.60. The van der Waals surface area contributed by atoms with Gasteiger partial charge in [-0.15, -0.1) is 0 Å². The van der Waals surface area contributed by atoms with Gasteiger partial charge in [-0.25, -0.2) is 0 Å². The lowest BCUT2D eigenvalue weighted by Gasteiger charge is -2.22. The van der Waals surface area contributed by atoms with Gasteiger partial charge in [0.05, 0.1) is 5.73 Å². The van der Waals surface area contributed by atoms with E-state index in [0.717, 1.165) is 6.61 Å². The van der Waals surface area contributed by atoms with Crippen LogP contribution in [0.3, 0.4) is 0 Å². The van der Waals surface area contributed by atoms with E-state index in [2.05, 4.69) is 13.8 Å². The van der Waals surface area contributed by atoms with Crippen LogP contribution < -0.4 is 0 Å². The first-order valence-electron chi connectivity index (χ1n) is 4.52. The molecule has 1 unspecified atom stereocenters. The molecule has 0 aromatic rings. The average molecular weight is 174 g/mol. The molecular formula is C8H18O2Si. The number of hydrogen-bond acceptors (Lipinski definition) is 2. The molecule has 1 heterocycles. The number of ether oxygens (including phenoxy) is 1. The van der Waals surface area contributed by atoms with Crippen molar-refractivity contribution in [3.05, 3.63) is 0 Å². The summed E-state index contributed by atoms with van der Waals surface area (Å²) in [5.74, 6) is 0. The van der Waals surface area contributed by atoms with Crippen molar-refractivity contribution in [2.75, 3.05) is 6.61 Å². The van der Waals surface area contributed by atoms with Crippen LogP contribution in [0.5, 0.6) is 0 Å². The molecule has 1 atom stereocenters. The fourth-order valence-corrected chi connectivity index (χ4v) is 2.56. The minimum atomic E-state index is -0.404. The molecule has 1 fully saturated rings. The smallest absolute Gasteiger partial charge is 0.190 e. The molecule has 1 aliphatic rings. The summed E-state index contributed by atoms with van der Waals surface area (Å²) >= 11 is 0. The Morgan fingerprint density at radius 1 is 1.45 bits per heavy atom. The molecule has 66 valence electrons. The molecule has 11 heavy (non-hydrogen) atoms. The topological polar surface area (TPSA) is 18.5 Å². The Labute approximate surface area is 71.2 Å². The molecule has 1 saturated heterocycles. The zero-order valence-electron chi connectivity index (χ0n) is 7.51. The van der Waals surface area contributed by atoms with Crippen LogP contribution in [0.25, 0.3) is 0 Å². The molecule has 0 aromatic carbocycles. The summed E-state index contributed by atoms with van der Waals surface area (Å²) in [7, 11) is -0.404. The molecule has 0 N–H and O–H groups in total. The molecule has 0 bridgehead atoms. The minimum Gasteiger partial charge on any atom is -0.419 e. The second-order valence-corrected chi connectivity index (χ2v) is 4.95. The van der Waals surface area contributed by atoms with Crippen molar-refractivity contribution in [3.8, 4) is 0 Å². The van der Waals surface area contributed by atoms with Crippen molar-refractivity contribution in [2.24, 2.45) is 0 Å². The first-order valence-corrected chi connectivity index (χ1v) is 5.91. The summed E-state index contributed by atoms with van der Waals surface area (Å²) in [6.45, 7) is 5.14. The van der Waals surface area contributed by atoms with Crippen molar-refractivity contribution in [3.63, 3.8) is 0 Å². The van der Waals surface area contributed by atoms with Crippen LogP contribution in [0.2, 0.25) is 0 Å². The predicted molar refractivity (Wildman–Crippen MR) is 48.4 cm³/mol. The summed E-state index contributed by atoms with van der Waals surface area (Å²) in [5, 5.41) is 0. The Balaban J connectivity index is 2.05. The zero-order valence-corrected chi connectivity index (χ0v) is 8.92. The highest BCUT2D eigenvalue weighted by atomic mass is 28.2. The molecule has 0 radical (unpaired) electrons. The molecule has 0 amide bonds. The van der Waals surface area contributed by atoms with E-state index in [1.807, 2.05) is 0 Å². The highest BCUT2D eigenvalue weighted by Gasteiger charge is 2.14. The summed E-state index contributed by atoms with van der Waals surface area (Å²) < 4.78 is 11.2. The van der Waals surface area contributed by atoms with Gasteiger partial charge >= 0.3 is 0 Å². The van der Waals surface area contributed by atoms with Crippen LogP contribution in [0.15, 0.2) is 0 Å². The molecule has 1 aliphatic heterocycles. The van der Waals surface area contributed by atoms with Gasteiger partial charge in [-0.1, -0.05) is 0 Å². The molecule has 0 aromatic heterocycles. The van der Waals surface area contributed by atoms with E-state index in [1.165, 1.54) is 19.3 Å². The maximum atomic E-state index is 5.60. The largest absolute Gasteiger partial charge is 0.419 e. The molecule has 0 spiro atoms. The van der Waals surface area contributed by atoms with Gasteiger partial charge in [0.25, 0.3) is 0 Å². The van der Waals surface area contributed by atoms with Crippen LogP contribution >= 0.6 is 0 Å². The third-order valence-electron chi connectivity index (χ3n) is 1.89. The summed E-state index contributed by atoms with van der Waals surface area (Å²) in [6.07, 6.45) is 4.21. The van der Waals surface area contributed by atoms with Gasteiger partial charge in [-0.3, -0.25) is 0 Å². The second kappa shape index (κ2) is 4.90. The molecule has 0 aliphatic carbocycles. The van der Waals surface area contributed by atoms with Gasteiger partial charge in [-0.2, -0.15) is 0 Å². The van der Waals surface area contributed by atoms with E-state index in [4.69, 9.17) is 9.16 Å². The van der Waals surface area contributed by atoms with E-state index >= 15 is 0 Å². The van der Waals surface area contributed by atoms with E-state index in [9.17, 15) is 0 Å². The molecule has 2 nitrogen and oxygen atoms in total. The zero-order chi connectivity index (χ0) is 8.10. The van der Waals surface area contributed by atoms with Crippen LogP contribution in [-0.2, 0) is 9.16 Å². The Morgan fingerprint density at radius 3 is 2.82 bits per heavy atom. The van der Waals surface area contributed by atoms with E-state index < -0.39 is 9.76 Å². The van der Waals surface area contributed by atoms with Gasteiger partial charge < -0.3 is 9.16 Å². The summed E-state index contributed by atoms with van der Waals surface area (Å²) in [5.41, 5.74) is 0.506. The first kappa shape index (κ1) is 9.23. The van der Waals surface area contributed by atoms with Gasteiger partial charge in [0.1, 0.15) is 0 Å². The number of rotatable bonds is 3. The minimum absolute atomic E-state index is 0.396. The summed E-state index contributed by atoms with van der Waals surface area (Å²) in [4.78, 5) is 0. The van der Waals surface area contributed by atoms with Gasteiger partial charge in [0.2, 0.25) is 0 Å². The monoisotopic (exact) mass is 174 g/mol. The maximum Gasteiger partial charge on any atom is 0.190 e. The van der Waals surface area contributed by atoms with E-state index in [0.29, 0.717) is 11.8 Å². The van der Waals surface area contributed by atoms with Crippen LogP contribution in [0, 0.1) is 0 Å². The van der Waals surface area contributed by atoms with Crippen LogP contribution in [0.4, 0.5) is 0 Å². The fraction of sp³-hybridized carbons (Fsp3) is 1.00. The lowest BCUT2D eigenvalue weighted by molar-refractivity contribution is 0.0519. The standard InChI is InChI=1S/C8H18O2Si/c1-7(2)10-11-8-5-3-4-6-9-8/h7-8H,3-6,11H2,1-2H3. The lowest BCUT2D eigenvalue weighted by atomic mass is 10.2. The molecule has 3 heteroatoms.